The van der Waals surface area contributed by atoms with Crippen molar-refractivity contribution in [3.8, 4) is 0 Å². The molecule has 30 heavy (non-hydrogen) atoms. The normalized spacial score (nSPS) is 10.8. The van der Waals surface area contributed by atoms with E-state index in [0.29, 0.717) is 30.8 Å². The van der Waals surface area contributed by atoms with Crippen LogP contribution in [0.4, 0.5) is 0 Å². The molecule has 2 aromatic rings. The topological polar surface area (TPSA) is 114 Å². The van der Waals surface area contributed by atoms with Gasteiger partial charge in [0.05, 0.1) is 0 Å². The van der Waals surface area contributed by atoms with Crippen LogP contribution in [0.25, 0.3) is 0 Å². The molecule has 0 heterocycles. The van der Waals surface area contributed by atoms with Crippen molar-refractivity contribution in [1.82, 2.24) is 0 Å². The van der Waals surface area contributed by atoms with Crippen LogP contribution in [0, 0.1) is 0 Å². The van der Waals surface area contributed by atoms with Gasteiger partial charge >= 0.3 is 8.80 Å². The first-order chi connectivity index (χ1) is 14.5. The van der Waals surface area contributed by atoms with Crippen LogP contribution in [-0.4, -0.2) is 54.3 Å². The van der Waals surface area contributed by atoms with Gasteiger partial charge in [-0.3, -0.25) is 9.59 Å². The average Bonchev–Trinajstić information content (AvgIpc) is 2.82. The fourth-order valence-electron chi connectivity index (χ4n) is 2.55. The lowest BCUT2D eigenvalue weighted by atomic mass is 10.0. The summed E-state index contributed by atoms with van der Waals surface area (Å²) in [5.41, 5.74) is 11.7. The molecule has 0 saturated heterocycles. The Kier molecular flexibility index (Phi) is 12.7. The zero-order valence-corrected chi connectivity index (χ0v) is 18.7. The zero-order valence-electron chi connectivity index (χ0n) is 17.7. The van der Waals surface area contributed by atoms with Gasteiger partial charge in [-0.2, -0.15) is 0 Å². The second-order valence-corrected chi connectivity index (χ2v) is 9.34. The average molecular weight is 433 g/mol. The van der Waals surface area contributed by atoms with E-state index in [0.717, 1.165) is 18.9 Å². The van der Waals surface area contributed by atoms with Crippen LogP contribution in [0.2, 0.25) is 6.04 Å². The van der Waals surface area contributed by atoms with Crippen molar-refractivity contribution in [1.29, 1.82) is 0 Å². The monoisotopic (exact) mass is 432 g/mol. The van der Waals surface area contributed by atoms with Crippen molar-refractivity contribution in [3.63, 3.8) is 0 Å². The molecule has 0 aromatic heterocycles. The van der Waals surface area contributed by atoms with E-state index in [9.17, 15) is 9.59 Å². The van der Waals surface area contributed by atoms with E-state index in [1.165, 1.54) is 0 Å². The molecular weight excluding hydrogens is 400 g/mol. The smallest absolute Gasteiger partial charge is 0.377 e. The maximum Gasteiger partial charge on any atom is 0.500 e. The number of hydrogen-bond donors (Lipinski definition) is 2. The van der Waals surface area contributed by atoms with Crippen molar-refractivity contribution in [3.05, 3.63) is 71.8 Å². The quantitative estimate of drug-likeness (QED) is 0.229. The Hall–Kier alpha value is -2.20. The summed E-state index contributed by atoms with van der Waals surface area (Å²) in [5.74, 6) is -0.932. The number of rotatable bonds is 12. The van der Waals surface area contributed by atoms with Gasteiger partial charge in [-0.15, -0.1) is 0 Å². The lowest BCUT2D eigenvalue weighted by Crippen LogP contribution is -2.44. The molecule has 0 fully saturated rings. The van der Waals surface area contributed by atoms with Crippen molar-refractivity contribution in [2.45, 2.75) is 18.9 Å². The Balaban J connectivity index is 0.000000304. The van der Waals surface area contributed by atoms with E-state index < -0.39 is 20.4 Å². The van der Waals surface area contributed by atoms with Crippen LogP contribution in [-0.2, 0) is 13.3 Å². The predicted molar refractivity (Wildman–Crippen MR) is 119 cm³/mol. The highest BCUT2D eigenvalue weighted by Crippen LogP contribution is 2.15. The fraction of sp³-hybridized carbons (Fsp3) is 0.364. The van der Waals surface area contributed by atoms with Crippen LogP contribution in [0.5, 0.6) is 0 Å². The molecule has 0 bridgehead atoms. The van der Waals surface area contributed by atoms with Crippen molar-refractivity contribution in [2.75, 3.05) is 33.9 Å². The number of ketones is 2. The van der Waals surface area contributed by atoms with E-state index in [2.05, 4.69) is 0 Å². The third kappa shape index (κ3) is 8.66. The summed E-state index contributed by atoms with van der Waals surface area (Å²) < 4.78 is 16.3. The zero-order chi connectivity index (χ0) is 22.2. The van der Waals surface area contributed by atoms with Crippen molar-refractivity contribution < 1.29 is 22.9 Å². The molecule has 0 aliphatic carbocycles. The summed E-state index contributed by atoms with van der Waals surface area (Å²) in [4.78, 5) is 23.6. The van der Waals surface area contributed by atoms with Crippen molar-refractivity contribution in [2.24, 2.45) is 11.5 Å². The summed E-state index contributed by atoms with van der Waals surface area (Å²) in [7, 11) is 0.802. The molecule has 0 aliphatic heterocycles. The van der Waals surface area contributed by atoms with Gasteiger partial charge in [-0.1, -0.05) is 60.7 Å². The molecule has 2 aromatic carbocycles. The van der Waals surface area contributed by atoms with E-state index in [1.54, 1.807) is 62.8 Å². The molecule has 0 aliphatic rings. The minimum atomic E-state index is -2.44. The molecule has 0 atom stereocenters. The Morgan fingerprint density at radius 3 is 1.57 bits per heavy atom. The molecule has 8 heteroatoms. The summed E-state index contributed by atoms with van der Waals surface area (Å²) in [6.45, 7) is 1.84. The minimum absolute atomic E-state index is 0.427. The second-order valence-electron chi connectivity index (χ2n) is 6.36. The largest absolute Gasteiger partial charge is 0.500 e. The summed E-state index contributed by atoms with van der Waals surface area (Å²) in [5, 5.41) is 0. The van der Waals surface area contributed by atoms with Crippen molar-refractivity contribution >= 4 is 20.4 Å². The van der Waals surface area contributed by atoms with Crippen LogP contribution in [0.1, 0.15) is 33.6 Å². The van der Waals surface area contributed by atoms with E-state index in [1.807, 2.05) is 12.1 Å². The van der Waals surface area contributed by atoms with Gasteiger partial charge in [0.1, 0.15) is 0 Å². The minimum Gasteiger partial charge on any atom is -0.377 e. The molecule has 0 saturated carbocycles. The third-order valence-electron chi connectivity index (χ3n) is 4.26. The standard InChI is InChI=1S/C14H10O2.C8H22N2O3Si/c15-13(11-7-3-1-4-8-11)14(16)12-9-5-2-6-10-12;1-11-14(12-2,8-4-6-10)13-7-3-5-9/h1-10H;3-10H2,1-2H3. The van der Waals surface area contributed by atoms with Gasteiger partial charge in [-0.25, -0.2) is 0 Å². The highest BCUT2D eigenvalue weighted by atomic mass is 28.4. The first-order valence-corrected chi connectivity index (χ1v) is 11.8. The van der Waals surface area contributed by atoms with Gasteiger partial charge in [0, 0.05) is 38.0 Å². The summed E-state index contributed by atoms with van der Waals surface area (Å²) in [6.07, 6.45) is 1.68. The Bertz CT molecular complexity index is 690. The molecule has 7 nitrogen and oxygen atoms in total. The molecule has 4 N–H and O–H groups in total. The van der Waals surface area contributed by atoms with E-state index >= 15 is 0 Å². The predicted octanol–water partition coefficient (Wildman–Crippen LogP) is 2.68. The van der Waals surface area contributed by atoms with Crippen LogP contribution in [0.15, 0.2) is 60.7 Å². The van der Waals surface area contributed by atoms with Gasteiger partial charge in [0.15, 0.2) is 0 Å². The number of benzene rings is 2. The molecule has 0 unspecified atom stereocenters. The molecule has 164 valence electrons. The van der Waals surface area contributed by atoms with Crippen LogP contribution in [0.3, 0.4) is 0 Å². The van der Waals surface area contributed by atoms with Crippen LogP contribution < -0.4 is 11.5 Å². The van der Waals surface area contributed by atoms with Gasteiger partial charge in [0.2, 0.25) is 11.6 Å². The van der Waals surface area contributed by atoms with E-state index in [-0.39, 0.29) is 0 Å². The van der Waals surface area contributed by atoms with Gasteiger partial charge < -0.3 is 24.7 Å². The molecule has 0 spiro atoms. The number of Topliss-reactive ketones (excluding diaryl/α,β-unsaturated/α-hetero) is 2. The van der Waals surface area contributed by atoms with E-state index in [4.69, 9.17) is 24.7 Å². The third-order valence-corrected chi connectivity index (χ3v) is 7.11. The maximum atomic E-state index is 11.8. The maximum absolute atomic E-state index is 11.8. The molecule has 2 rings (SSSR count). The molecule has 0 amide bonds. The Labute approximate surface area is 179 Å². The highest BCUT2D eigenvalue weighted by Gasteiger charge is 2.37. The van der Waals surface area contributed by atoms with Gasteiger partial charge in [-0.05, 0) is 25.9 Å². The summed E-state index contributed by atoms with van der Waals surface area (Å²) >= 11 is 0. The lowest BCUT2D eigenvalue weighted by Gasteiger charge is -2.26. The molecule has 0 radical (unpaired) electrons. The number of nitrogens with two attached hydrogens (primary N) is 2. The lowest BCUT2D eigenvalue weighted by molar-refractivity contribution is 0.0817. The first-order valence-electron chi connectivity index (χ1n) is 9.87. The highest BCUT2D eigenvalue weighted by molar-refractivity contribution is 6.60. The van der Waals surface area contributed by atoms with Gasteiger partial charge in [0.25, 0.3) is 0 Å². The summed E-state index contributed by atoms with van der Waals surface area (Å²) in [6, 6.07) is 17.9. The Morgan fingerprint density at radius 2 is 1.20 bits per heavy atom. The second kappa shape index (κ2) is 14.7. The number of carbonyl (C=O) groups excluding carboxylic acids is 2. The number of carbonyl (C=O) groups is 2. The Morgan fingerprint density at radius 1 is 0.767 bits per heavy atom. The number of hydrogen-bond acceptors (Lipinski definition) is 7. The van der Waals surface area contributed by atoms with Crippen LogP contribution >= 0.6 is 0 Å². The SMILES string of the molecule is CO[Si](CCCN)(OC)OCCCN.O=C(C(=O)c1ccccc1)c1ccccc1. The fourth-order valence-corrected chi connectivity index (χ4v) is 4.60. The first kappa shape index (κ1) is 25.8. The molecular formula is C22H32N2O5Si.